The highest BCUT2D eigenvalue weighted by molar-refractivity contribution is 7.89. The van der Waals surface area contributed by atoms with Crippen LogP contribution in [0.2, 0.25) is 0 Å². The van der Waals surface area contributed by atoms with Gasteiger partial charge in [0.05, 0.1) is 17.0 Å². The van der Waals surface area contributed by atoms with Crippen LogP contribution in [-0.4, -0.2) is 39.5 Å². The number of nitrogens with zero attached hydrogens (tertiary/aromatic N) is 5. The minimum absolute atomic E-state index is 0.200. The smallest absolute Gasteiger partial charge is 0.268 e. The summed E-state index contributed by atoms with van der Waals surface area (Å²) in [5.74, 6) is 0.266. The number of aromatic nitrogens is 5. The van der Waals surface area contributed by atoms with Crippen LogP contribution in [0.1, 0.15) is 5.56 Å². The zero-order valence-corrected chi connectivity index (χ0v) is 14.9. The minimum Gasteiger partial charge on any atom is -0.268 e. The summed E-state index contributed by atoms with van der Waals surface area (Å²) in [5, 5.41) is 7.87. The fraction of sp³-hybridized carbons (Fsp3) is 0.200. The molecule has 2 aromatic heterocycles. The van der Waals surface area contributed by atoms with Crippen LogP contribution in [0, 0.1) is 0 Å². The van der Waals surface area contributed by atoms with Gasteiger partial charge in [0.15, 0.2) is 5.82 Å². The molecule has 0 aliphatic rings. The quantitative estimate of drug-likeness (QED) is 0.639. The first-order chi connectivity index (χ1) is 13.2. The molecule has 13 heteroatoms. The van der Waals surface area contributed by atoms with Gasteiger partial charge in [0.2, 0.25) is 10.0 Å². The standard InChI is InChI=1S/C15H13F3N6O3S/c16-15(17,18)11-3-1-2-4-12(11)28(26,27)21-7-8-23-14(25)6-5-13(22-23)24-10-19-9-20-24/h1-6,9-10,21H,7-8H2. The lowest BCUT2D eigenvalue weighted by atomic mass is 10.2. The number of hydrogen-bond donors (Lipinski definition) is 1. The van der Waals surface area contributed by atoms with Gasteiger partial charge in [0.25, 0.3) is 5.56 Å². The predicted molar refractivity (Wildman–Crippen MR) is 90.0 cm³/mol. The topological polar surface area (TPSA) is 112 Å². The molecule has 148 valence electrons. The summed E-state index contributed by atoms with van der Waals surface area (Å²) in [7, 11) is -4.45. The average molecular weight is 414 g/mol. The molecule has 1 aromatic carbocycles. The Balaban J connectivity index is 1.77. The molecule has 3 rings (SSSR count). The first-order valence-electron chi connectivity index (χ1n) is 7.77. The molecule has 0 radical (unpaired) electrons. The maximum Gasteiger partial charge on any atom is 0.417 e. The summed E-state index contributed by atoms with van der Waals surface area (Å²) in [6, 6.07) is 6.44. The van der Waals surface area contributed by atoms with E-state index in [1.54, 1.807) is 0 Å². The van der Waals surface area contributed by atoms with Crippen LogP contribution in [-0.2, 0) is 22.7 Å². The van der Waals surface area contributed by atoms with Gasteiger partial charge in [-0.15, -0.1) is 5.10 Å². The normalized spacial score (nSPS) is 12.2. The second kappa shape index (κ2) is 7.52. The Kier molecular flexibility index (Phi) is 5.29. The van der Waals surface area contributed by atoms with Crippen molar-refractivity contribution >= 4 is 10.0 Å². The second-order valence-corrected chi connectivity index (χ2v) is 7.22. The lowest BCUT2D eigenvalue weighted by Gasteiger charge is -2.14. The van der Waals surface area contributed by atoms with E-state index < -0.39 is 32.2 Å². The van der Waals surface area contributed by atoms with Gasteiger partial charge in [0.1, 0.15) is 12.7 Å². The van der Waals surface area contributed by atoms with Crippen molar-refractivity contribution in [3.8, 4) is 5.82 Å². The zero-order chi connectivity index (χ0) is 20.4. The van der Waals surface area contributed by atoms with Crippen LogP contribution < -0.4 is 10.3 Å². The monoisotopic (exact) mass is 414 g/mol. The molecule has 1 N–H and O–H groups in total. The van der Waals surface area contributed by atoms with Crippen molar-refractivity contribution < 1.29 is 21.6 Å². The van der Waals surface area contributed by atoms with E-state index >= 15 is 0 Å². The molecule has 3 aromatic rings. The molecule has 0 atom stereocenters. The van der Waals surface area contributed by atoms with Crippen molar-refractivity contribution in [2.75, 3.05) is 6.54 Å². The molecule has 0 saturated carbocycles. The number of halogens is 3. The predicted octanol–water partition coefficient (Wildman–Crippen LogP) is 0.821. The van der Waals surface area contributed by atoms with E-state index in [2.05, 4.69) is 19.9 Å². The largest absolute Gasteiger partial charge is 0.417 e. The molecule has 28 heavy (non-hydrogen) atoms. The Morgan fingerprint density at radius 1 is 1.11 bits per heavy atom. The third kappa shape index (κ3) is 4.26. The van der Waals surface area contributed by atoms with E-state index in [0.29, 0.717) is 6.07 Å². The maximum atomic E-state index is 13.0. The molecule has 0 aliphatic heterocycles. The fourth-order valence-corrected chi connectivity index (χ4v) is 3.59. The summed E-state index contributed by atoms with van der Waals surface area (Å²) in [5.41, 5.74) is -1.79. The van der Waals surface area contributed by atoms with Gasteiger partial charge in [-0.05, 0) is 18.2 Å². The van der Waals surface area contributed by atoms with E-state index in [0.717, 1.165) is 16.8 Å². The van der Waals surface area contributed by atoms with Crippen LogP contribution in [0.15, 0.2) is 58.7 Å². The molecule has 0 bridgehead atoms. The Bertz CT molecular complexity index is 1130. The molecule has 2 heterocycles. The van der Waals surface area contributed by atoms with Gasteiger partial charge in [-0.1, -0.05) is 12.1 Å². The van der Waals surface area contributed by atoms with Gasteiger partial charge < -0.3 is 0 Å². The van der Waals surface area contributed by atoms with Crippen LogP contribution in [0.4, 0.5) is 13.2 Å². The van der Waals surface area contributed by atoms with Crippen molar-refractivity contribution in [2.24, 2.45) is 0 Å². The number of nitrogens with one attached hydrogen (secondary N) is 1. The van der Waals surface area contributed by atoms with Gasteiger partial charge in [-0.3, -0.25) is 4.79 Å². The van der Waals surface area contributed by atoms with Crippen molar-refractivity contribution in [1.82, 2.24) is 29.3 Å². The minimum atomic E-state index is -4.82. The van der Waals surface area contributed by atoms with Crippen molar-refractivity contribution in [3.63, 3.8) is 0 Å². The molecule has 0 amide bonds. The first kappa shape index (κ1) is 19.7. The van der Waals surface area contributed by atoms with Gasteiger partial charge in [-0.2, -0.15) is 18.3 Å². The van der Waals surface area contributed by atoms with E-state index in [4.69, 9.17) is 0 Å². The number of benzene rings is 1. The van der Waals surface area contributed by atoms with Crippen LogP contribution >= 0.6 is 0 Å². The maximum absolute atomic E-state index is 13.0. The van der Waals surface area contributed by atoms with E-state index in [1.165, 1.54) is 35.5 Å². The summed E-state index contributed by atoms with van der Waals surface area (Å²) in [6.45, 7) is -0.545. The Morgan fingerprint density at radius 3 is 2.54 bits per heavy atom. The Hall–Kier alpha value is -3.06. The third-order valence-corrected chi connectivity index (χ3v) is 5.12. The molecule has 0 unspecified atom stereocenters. The lowest BCUT2D eigenvalue weighted by Crippen LogP contribution is -2.33. The molecule has 0 spiro atoms. The highest BCUT2D eigenvalue weighted by atomic mass is 32.2. The highest BCUT2D eigenvalue weighted by Crippen LogP contribution is 2.33. The average Bonchev–Trinajstić information content (AvgIpc) is 3.17. The highest BCUT2D eigenvalue weighted by Gasteiger charge is 2.36. The fourth-order valence-electron chi connectivity index (χ4n) is 2.35. The molecule has 0 saturated heterocycles. The number of alkyl halides is 3. The van der Waals surface area contributed by atoms with Gasteiger partial charge in [-0.25, -0.2) is 27.5 Å². The van der Waals surface area contributed by atoms with Crippen LogP contribution in [0.5, 0.6) is 0 Å². The van der Waals surface area contributed by atoms with Gasteiger partial charge in [0, 0.05) is 12.6 Å². The summed E-state index contributed by atoms with van der Waals surface area (Å²) in [4.78, 5) is 14.7. The molecule has 0 aliphatic carbocycles. The molecular formula is C15H13F3N6O3S. The molecular weight excluding hydrogens is 401 g/mol. The summed E-state index contributed by atoms with van der Waals surface area (Å²) >= 11 is 0. The van der Waals surface area contributed by atoms with Crippen LogP contribution in [0.3, 0.4) is 0 Å². The number of sulfonamides is 1. The number of hydrogen-bond acceptors (Lipinski definition) is 6. The first-order valence-corrected chi connectivity index (χ1v) is 9.26. The Morgan fingerprint density at radius 2 is 1.86 bits per heavy atom. The molecule has 9 nitrogen and oxygen atoms in total. The summed E-state index contributed by atoms with van der Waals surface area (Å²) in [6.07, 6.45) is -2.20. The SMILES string of the molecule is O=c1ccc(-n2cncn2)nn1CCNS(=O)(=O)c1ccccc1C(F)(F)F. The van der Waals surface area contributed by atoms with E-state index in [9.17, 15) is 26.4 Å². The van der Waals surface area contributed by atoms with E-state index in [1.807, 2.05) is 0 Å². The van der Waals surface area contributed by atoms with Crippen LogP contribution in [0.25, 0.3) is 5.82 Å². The van der Waals surface area contributed by atoms with Crippen molar-refractivity contribution in [3.05, 3.63) is 65.0 Å². The van der Waals surface area contributed by atoms with Gasteiger partial charge >= 0.3 is 6.18 Å². The van der Waals surface area contributed by atoms with Crippen molar-refractivity contribution in [1.29, 1.82) is 0 Å². The summed E-state index contributed by atoms with van der Waals surface area (Å²) < 4.78 is 68.0. The van der Waals surface area contributed by atoms with E-state index in [-0.39, 0.29) is 18.9 Å². The number of rotatable bonds is 6. The lowest BCUT2D eigenvalue weighted by molar-refractivity contribution is -0.139. The second-order valence-electron chi connectivity index (χ2n) is 5.48. The van der Waals surface area contributed by atoms with Crippen molar-refractivity contribution in [2.45, 2.75) is 17.6 Å². The third-order valence-electron chi connectivity index (χ3n) is 3.60. The zero-order valence-electron chi connectivity index (χ0n) is 14.0. The molecule has 0 fully saturated rings. The Labute approximate surface area is 156 Å².